The largest absolute Gasteiger partial charge is 0.465 e. The van der Waals surface area contributed by atoms with Crippen molar-refractivity contribution in [3.63, 3.8) is 0 Å². The molecule has 0 saturated heterocycles. The fourth-order valence-corrected chi connectivity index (χ4v) is 1.21. The Kier molecular flexibility index (Phi) is 4.73. The molecule has 0 aliphatic heterocycles. The number of rotatable bonds is 4. The van der Waals surface area contributed by atoms with Crippen LogP contribution in [0, 0.1) is 0 Å². The zero-order valence-corrected chi connectivity index (χ0v) is 8.92. The van der Waals surface area contributed by atoms with Gasteiger partial charge in [0.05, 0.1) is 12.7 Å². The summed E-state index contributed by atoms with van der Waals surface area (Å²) in [6, 6.07) is 9.12. The average Bonchev–Trinajstić information content (AvgIpc) is 2.35. The van der Waals surface area contributed by atoms with Gasteiger partial charge in [0.25, 0.3) is 0 Å². The summed E-state index contributed by atoms with van der Waals surface area (Å²) < 4.78 is 4.67. The van der Waals surface area contributed by atoms with Crippen LogP contribution in [0.5, 0.6) is 0 Å². The first-order valence-electron chi connectivity index (χ1n) is 4.75. The Morgan fingerprint density at radius 2 is 1.88 bits per heavy atom. The number of hydrogen-bond acceptors (Lipinski definition) is 3. The smallest absolute Gasteiger partial charge is 0.338 e. The summed E-state index contributed by atoms with van der Waals surface area (Å²) in [6.45, 7) is 0. The van der Waals surface area contributed by atoms with Gasteiger partial charge in [-0.2, -0.15) is 0 Å². The van der Waals surface area contributed by atoms with E-state index in [0.717, 1.165) is 5.56 Å². The summed E-state index contributed by atoms with van der Waals surface area (Å²) in [5, 5.41) is 0. The highest BCUT2D eigenvalue weighted by molar-refractivity contribution is 6.16. The molecule has 0 radical (unpaired) electrons. The van der Waals surface area contributed by atoms with E-state index in [1.165, 1.54) is 19.3 Å². The SMILES string of the molecule is COC(=O)/C(=C/C=C\C=O)c1ccccc1. The minimum absolute atomic E-state index is 0.418. The van der Waals surface area contributed by atoms with Crippen LogP contribution in [0.4, 0.5) is 0 Å². The van der Waals surface area contributed by atoms with E-state index in [2.05, 4.69) is 4.74 Å². The molecule has 0 atom stereocenters. The first kappa shape index (κ1) is 11.9. The van der Waals surface area contributed by atoms with Gasteiger partial charge >= 0.3 is 5.97 Å². The lowest BCUT2D eigenvalue weighted by molar-refractivity contribution is -0.133. The van der Waals surface area contributed by atoms with Crippen LogP contribution >= 0.6 is 0 Å². The Labute approximate surface area is 94.0 Å². The second kappa shape index (κ2) is 6.35. The van der Waals surface area contributed by atoms with Gasteiger partial charge in [0.1, 0.15) is 6.29 Å². The third-order valence-corrected chi connectivity index (χ3v) is 1.94. The Balaban J connectivity index is 3.06. The monoisotopic (exact) mass is 216 g/mol. The molecular formula is C13H12O3. The van der Waals surface area contributed by atoms with Crippen LogP contribution in [0.25, 0.3) is 5.57 Å². The number of esters is 1. The lowest BCUT2D eigenvalue weighted by Crippen LogP contribution is -2.03. The van der Waals surface area contributed by atoms with Crippen molar-refractivity contribution in [3.8, 4) is 0 Å². The quantitative estimate of drug-likeness (QED) is 0.334. The molecule has 82 valence electrons. The van der Waals surface area contributed by atoms with E-state index in [-0.39, 0.29) is 0 Å². The molecule has 0 spiro atoms. The van der Waals surface area contributed by atoms with Crippen LogP contribution in [0.2, 0.25) is 0 Å². The normalized spacial score (nSPS) is 11.4. The summed E-state index contributed by atoms with van der Waals surface area (Å²) in [6.07, 6.45) is 5.02. The molecule has 0 bridgehead atoms. The number of methoxy groups -OCH3 is 1. The highest BCUT2D eigenvalue weighted by Crippen LogP contribution is 2.15. The highest BCUT2D eigenvalue weighted by Gasteiger charge is 2.10. The van der Waals surface area contributed by atoms with Crippen molar-refractivity contribution in [2.75, 3.05) is 7.11 Å². The van der Waals surface area contributed by atoms with Gasteiger partial charge in [-0.05, 0) is 17.7 Å². The van der Waals surface area contributed by atoms with Crippen molar-refractivity contribution < 1.29 is 14.3 Å². The van der Waals surface area contributed by atoms with Crippen LogP contribution in [0.3, 0.4) is 0 Å². The minimum atomic E-state index is -0.429. The average molecular weight is 216 g/mol. The van der Waals surface area contributed by atoms with Crippen LogP contribution in [0.15, 0.2) is 48.6 Å². The van der Waals surface area contributed by atoms with E-state index in [9.17, 15) is 9.59 Å². The first-order valence-corrected chi connectivity index (χ1v) is 4.75. The molecule has 0 aliphatic rings. The number of ether oxygens (including phenoxy) is 1. The van der Waals surface area contributed by atoms with E-state index in [1.54, 1.807) is 18.2 Å². The maximum absolute atomic E-state index is 11.5. The fourth-order valence-electron chi connectivity index (χ4n) is 1.21. The lowest BCUT2D eigenvalue weighted by atomic mass is 10.1. The zero-order chi connectivity index (χ0) is 11.8. The fraction of sp³-hybridized carbons (Fsp3) is 0.0769. The standard InChI is InChI=1S/C13H12O3/c1-16-13(15)12(9-5-6-10-14)11-7-3-2-4-8-11/h2-10H,1H3/b6-5-,12-9+. The summed E-state index contributed by atoms with van der Waals surface area (Å²) in [5.41, 5.74) is 1.17. The van der Waals surface area contributed by atoms with Gasteiger partial charge in [-0.3, -0.25) is 4.79 Å². The number of hydrogen-bond donors (Lipinski definition) is 0. The molecule has 1 rings (SSSR count). The van der Waals surface area contributed by atoms with E-state index in [4.69, 9.17) is 0 Å². The van der Waals surface area contributed by atoms with Crippen molar-refractivity contribution in [2.24, 2.45) is 0 Å². The van der Waals surface area contributed by atoms with E-state index >= 15 is 0 Å². The molecule has 0 saturated carbocycles. The Morgan fingerprint density at radius 3 is 2.44 bits per heavy atom. The predicted molar refractivity (Wildman–Crippen MR) is 61.6 cm³/mol. The molecule has 0 heterocycles. The second-order valence-electron chi connectivity index (χ2n) is 2.96. The highest BCUT2D eigenvalue weighted by atomic mass is 16.5. The Hall–Kier alpha value is -2.16. The van der Waals surface area contributed by atoms with E-state index in [0.29, 0.717) is 11.9 Å². The van der Waals surface area contributed by atoms with Crippen molar-refractivity contribution in [1.82, 2.24) is 0 Å². The van der Waals surface area contributed by atoms with Gasteiger partial charge in [-0.25, -0.2) is 4.79 Å². The van der Waals surface area contributed by atoms with Gasteiger partial charge in [-0.1, -0.05) is 36.4 Å². The molecule has 3 nitrogen and oxygen atoms in total. The number of carbonyl (C=O) groups excluding carboxylic acids is 2. The second-order valence-corrected chi connectivity index (χ2v) is 2.96. The van der Waals surface area contributed by atoms with E-state index in [1.807, 2.05) is 18.2 Å². The summed E-state index contributed by atoms with van der Waals surface area (Å²) in [7, 11) is 1.32. The minimum Gasteiger partial charge on any atom is -0.465 e. The molecule has 0 unspecified atom stereocenters. The zero-order valence-electron chi connectivity index (χ0n) is 8.92. The van der Waals surface area contributed by atoms with Gasteiger partial charge in [-0.15, -0.1) is 0 Å². The molecule has 1 aromatic rings. The molecule has 3 heteroatoms. The van der Waals surface area contributed by atoms with Crippen molar-refractivity contribution in [1.29, 1.82) is 0 Å². The van der Waals surface area contributed by atoms with Crippen LogP contribution in [-0.4, -0.2) is 19.4 Å². The van der Waals surface area contributed by atoms with Crippen LogP contribution in [0.1, 0.15) is 5.56 Å². The van der Waals surface area contributed by atoms with Crippen molar-refractivity contribution in [2.45, 2.75) is 0 Å². The number of carbonyl (C=O) groups is 2. The van der Waals surface area contributed by atoms with Crippen molar-refractivity contribution in [3.05, 3.63) is 54.1 Å². The van der Waals surface area contributed by atoms with Gasteiger partial charge in [0.15, 0.2) is 0 Å². The number of aldehydes is 1. The molecular weight excluding hydrogens is 204 g/mol. The predicted octanol–water partition coefficient (Wildman–Crippen LogP) is 2.00. The molecule has 0 amide bonds. The van der Waals surface area contributed by atoms with Crippen molar-refractivity contribution >= 4 is 17.8 Å². The molecule has 0 fully saturated rings. The number of benzene rings is 1. The molecule has 0 aromatic heterocycles. The number of allylic oxidation sites excluding steroid dienone is 3. The molecule has 0 aliphatic carbocycles. The van der Waals surface area contributed by atoms with Gasteiger partial charge in [0, 0.05) is 0 Å². The van der Waals surface area contributed by atoms with Gasteiger partial charge in [0.2, 0.25) is 0 Å². The Bertz CT molecular complexity index is 416. The third kappa shape index (κ3) is 3.20. The maximum atomic E-state index is 11.5. The third-order valence-electron chi connectivity index (χ3n) is 1.94. The van der Waals surface area contributed by atoms with Crippen LogP contribution in [-0.2, 0) is 14.3 Å². The van der Waals surface area contributed by atoms with Crippen LogP contribution < -0.4 is 0 Å². The molecule has 16 heavy (non-hydrogen) atoms. The Morgan fingerprint density at radius 1 is 1.19 bits per heavy atom. The molecule has 1 aromatic carbocycles. The maximum Gasteiger partial charge on any atom is 0.338 e. The first-order chi connectivity index (χ1) is 7.79. The van der Waals surface area contributed by atoms with Gasteiger partial charge < -0.3 is 4.74 Å². The summed E-state index contributed by atoms with van der Waals surface area (Å²) in [5.74, 6) is -0.429. The summed E-state index contributed by atoms with van der Waals surface area (Å²) in [4.78, 5) is 21.6. The molecule has 0 N–H and O–H groups in total. The lowest BCUT2D eigenvalue weighted by Gasteiger charge is -2.03. The topological polar surface area (TPSA) is 43.4 Å². The summed E-state index contributed by atoms with van der Waals surface area (Å²) >= 11 is 0. The van der Waals surface area contributed by atoms with E-state index < -0.39 is 5.97 Å².